The Bertz CT molecular complexity index is 456. The van der Waals surface area contributed by atoms with Crippen molar-refractivity contribution < 1.29 is 27.4 Å². The van der Waals surface area contributed by atoms with E-state index in [9.17, 15) is 18.0 Å². The van der Waals surface area contributed by atoms with Gasteiger partial charge in [-0.05, 0) is 12.1 Å². The molecule has 1 fully saturated rings. The summed E-state index contributed by atoms with van der Waals surface area (Å²) in [7, 11) is 0. The molecular formula is C12H11F3O3S. The predicted octanol–water partition coefficient (Wildman–Crippen LogP) is 2.90. The van der Waals surface area contributed by atoms with Crippen LogP contribution in [0.4, 0.5) is 13.2 Å². The number of hydrogen-bond donors (Lipinski definition) is 0. The van der Waals surface area contributed by atoms with E-state index in [2.05, 4.69) is 4.74 Å². The fourth-order valence-corrected chi connectivity index (χ4v) is 2.54. The molecule has 0 saturated carbocycles. The van der Waals surface area contributed by atoms with Crippen LogP contribution < -0.4 is 4.74 Å². The zero-order valence-corrected chi connectivity index (χ0v) is 10.6. The van der Waals surface area contributed by atoms with E-state index in [-0.39, 0.29) is 5.56 Å². The van der Waals surface area contributed by atoms with Crippen LogP contribution in [0.5, 0.6) is 5.75 Å². The fourth-order valence-electron chi connectivity index (χ4n) is 1.70. The van der Waals surface area contributed by atoms with Crippen LogP contribution in [0.1, 0.15) is 10.4 Å². The number of carbonyl (C=O) groups is 1. The van der Waals surface area contributed by atoms with Crippen LogP contribution in [0, 0.1) is 0 Å². The van der Waals surface area contributed by atoms with Gasteiger partial charge in [0, 0.05) is 11.5 Å². The zero-order chi connectivity index (χ0) is 13.9. The third-order valence-corrected chi connectivity index (χ3v) is 3.48. The van der Waals surface area contributed by atoms with Crippen LogP contribution in [0.15, 0.2) is 24.3 Å². The molecule has 1 saturated heterocycles. The minimum atomic E-state index is -4.82. The average Bonchev–Trinajstić information content (AvgIpc) is 2.38. The van der Waals surface area contributed by atoms with Crippen LogP contribution in [0.25, 0.3) is 0 Å². The van der Waals surface area contributed by atoms with Crippen molar-refractivity contribution in [2.45, 2.75) is 12.5 Å². The van der Waals surface area contributed by atoms with Gasteiger partial charge < -0.3 is 9.47 Å². The Morgan fingerprint density at radius 3 is 2.74 bits per heavy atom. The number of ether oxygens (including phenoxy) is 2. The van der Waals surface area contributed by atoms with Crippen molar-refractivity contribution in [2.75, 3.05) is 18.1 Å². The molecule has 0 radical (unpaired) electrons. The smallest absolute Gasteiger partial charge is 0.405 e. The molecule has 19 heavy (non-hydrogen) atoms. The van der Waals surface area contributed by atoms with Crippen molar-refractivity contribution in [3.8, 4) is 5.75 Å². The van der Waals surface area contributed by atoms with Gasteiger partial charge in [-0.25, -0.2) is 0 Å². The molecule has 0 aliphatic carbocycles. The van der Waals surface area contributed by atoms with Gasteiger partial charge in [0.2, 0.25) is 0 Å². The largest absolute Gasteiger partial charge is 0.573 e. The molecule has 1 atom stereocenters. The Morgan fingerprint density at radius 2 is 2.11 bits per heavy atom. The second-order valence-electron chi connectivity index (χ2n) is 3.84. The second kappa shape index (κ2) is 5.83. The van der Waals surface area contributed by atoms with Gasteiger partial charge in [0.05, 0.1) is 12.2 Å². The maximum atomic E-state index is 12.3. The summed E-state index contributed by atoms with van der Waals surface area (Å²) in [5.74, 6) is 0.259. The standard InChI is InChI=1S/C12H11F3O3S/c13-12(14,15)18-9-4-2-1-3-8(9)11(16)10-7-19-6-5-17-10/h1-4,10H,5-7H2. The summed E-state index contributed by atoms with van der Waals surface area (Å²) in [5, 5.41) is 0. The summed E-state index contributed by atoms with van der Waals surface area (Å²) in [4.78, 5) is 12.1. The first-order chi connectivity index (χ1) is 8.97. The Balaban J connectivity index is 2.21. The molecule has 104 valence electrons. The quantitative estimate of drug-likeness (QED) is 0.803. The Hall–Kier alpha value is -1.21. The molecular weight excluding hydrogens is 281 g/mol. The van der Waals surface area contributed by atoms with Crippen molar-refractivity contribution in [1.82, 2.24) is 0 Å². The highest BCUT2D eigenvalue weighted by atomic mass is 32.2. The first-order valence-electron chi connectivity index (χ1n) is 5.56. The second-order valence-corrected chi connectivity index (χ2v) is 4.99. The molecule has 0 spiro atoms. The van der Waals surface area contributed by atoms with Gasteiger partial charge in [-0.15, -0.1) is 13.2 Å². The van der Waals surface area contributed by atoms with Crippen molar-refractivity contribution in [3.63, 3.8) is 0 Å². The summed E-state index contributed by atoms with van der Waals surface area (Å²) >= 11 is 1.54. The molecule has 1 aromatic carbocycles. The molecule has 0 bridgehead atoms. The maximum absolute atomic E-state index is 12.3. The third-order valence-electron chi connectivity index (χ3n) is 2.49. The maximum Gasteiger partial charge on any atom is 0.573 e. The minimum Gasteiger partial charge on any atom is -0.405 e. The van der Waals surface area contributed by atoms with Gasteiger partial charge in [-0.1, -0.05) is 12.1 Å². The molecule has 1 heterocycles. The normalized spacial score (nSPS) is 20.1. The van der Waals surface area contributed by atoms with Crippen molar-refractivity contribution >= 4 is 17.5 Å². The summed E-state index contributed by atoms with van der Waals surface area (Å²) in [5.41, 5.74) is -0.104. The topological polar surface area (TPSA) is 35.5 Å². The molecule has 1 aliphatic heterocycles. The van der Waals surface area contributed by atoms with Crippen molar-refractivity contribution in [1.29, 1.82) is 0 Å². The van der Waals surface area contributed by atoms with Gasteiger partial charge in [-0.3, -0.25) is 4.79 Å². The Kier molecular flexibility index (Phi) is 4.36. The number of carbonyl (C=O) groups excluding carboxylic acids is 1. The monoisotopic (exact) mass is 292 g/mol. The SMILES string of the molecule is O=C(c1ccccc1OC(F)(F)F)C1CSCCO1. The fraction of sp³-hybridized carbons (Fsp3) is 0.417. The van der Waals surface area contributed by atoms with E-state index in [1.54, 1.807) is 0 Å². The first kappa shape index (κ1) is 14.2. The first-order valence-corrected chi connectivity index (χ1v) is 6.71. The van der Waals surface area contributed by atoms with Crippen LogP contribution in [-0.2, 0) is 4.74 Å². The zero-order valence-electron chi connectivity index (χ0n) is 9.77. The number of para-hydroxylation sites is 1. The van der Waals surface area contributed by atoms with Gasteiger partial charge in [0.25, 0.3) is 0 Å². The molecule has 0 N–H and O–H groups in total. The average molecular weight is 292 g/mol. The summed E-state index contributed by atoms with van der Waals surface area (Å²) in [6, 6.07) is 5.31. The Labute approximate surface area is 112 Å². The lowest BCUT2D eigenvalue weighted by Crippen LogP contribution is -2.32. The lowest BCUT2D eigenvalue weighted by Gasteiger charge is -2.22. The highest BCUT2D eigenvalue weighted by molar-refractivity contribution is 7.99. The van der Waals surface area contributed by atoms with Crippen LogP contribution >= 0.6 is 11.8 Å². The van der Waals surface area contributed by atoms with Crippen molar-refractivity contribution in [2.24, 2.45) is 0 Å². The highest BCUT2D eigenvalue weighted by Gasteiger charge is 2.34. The number of rotatable bonds is 3. The lowest BCUT2D eigenvalue weighted by molar-refractivity contribution is -0.274. The van der Waals surface area contributed by atoms with E-state index in [1.807, 2.05) is 0 Å². The van der Waals surface area contributed by atoms with E-state index in [0.29, 0.717) is 12.4 Å². The molecule has 0 amide bonds. The summed E-state index contributed by atoms with van der Waals surface area (Å²) < 4.78 is 45.9. The van der Waals surface area contributed by atoms with Gasteiger partial charge in [-0.2, -0.15) is 11.8 Å². The Morgan fingerprint density at radius 1 is 1.37 bits per heavy atom. The summed E-state index contributed by atoms with van der Waals surface area (Å²) in [6.45, 7) is 0.420. The number of Topliss-reactive ketones (excluding diaryl/α,β-unsaturated/α-hetero) is 1. The van der Waals surface area contributed by atoms with Crippen LogP contribution in [0.2, 0.25) is 0 Å². The number of hydrogen-bond acceptors (Lipinski definition) is 4. The highest BCUT2D eigenvalue weighted by Crippen LogP contribution is 2.28. The number of thioether (sulfide) groups is 1. The number of ketones is 1. The molecule has 3 nitrogen and oxygen atoms in total. The molecule has 2 rings (SSSR count). The number of benzene rings is 1. The van der Waals surface area contributed by atoms with Gasteiger partial charge >= 0.3 is 6.36 Å². The van der Waals surface area contributed by atoms with E-state index in [4.69, 9.17) is 4.74 Å². The molecule has 0 aromatic heterocycles. The van der Waals surface area contributed by atoms with E-state index in [0.717, 1.165) is 11.8 Å². The van der Waals surface area contributed by atoms with Crippen LogP contribution in [0.3, 0.4) is 0 Å². The minimum absolute atomic E-state index is 0.104. The summed E-state index contributed by atoms with van der Waals surface area (Å²) in [6.07, 6.45) is -5.53. The van der Waals surface area contributed by atoms with E-state index in [1.165, 1.54) is 30.0 Å². The molecule has 1 aliphatic rings. The lowest BCUT2D eigenvalue weighted by atomic mass is 10.1. The molecule has 7 heteroatoms. The van der Waals surface area contributed by atoms with E-state index >= 15 is 0 Å². The predicted molar refractivity (Wildman–Crippen MR) is 64.5 cm³/mol. The molecule has 1 aromatic rings. The van der Waals surface area contributed by atoms with Crippen LogP contribution in [-0.4, -0.2) is 36.4 Å². The van der Waals surface area contributed by atoms with Gasteiger partial charge in [0.15, 0.2) is 5.78 Å². The number of alkyl halides is 3. The van der Waals surface area contributed by atoms with Crippen molar-refractivity contribution in [3.05, 3.63) is 29.8 Å². The van der Waals surface area contributed by atoms with E-state index < -0.39 is 24.0 Å². The third kappa shape index (κ3) is 3.87. The van der Waals surface area contributed by atoms with Gasteiger partial charge in [0.1, 0.15) is 11.9 Å². The molecule has 1 unspecified atom stereocenters. The number of halogens is 3.